The summed E-state index contributed by atoms with van der Waals surface area (Å²) in [5.41, 5.74) is 2.19. The van der Waals surface area contributed by atoms with Crippen molar-refractivity contribution in [2.75, 3.05) is 6.54 Å². The molecule has 0 spiro atoms. The molecule has 3 rings (SSSR count). The van der Waals surface area contributed by atoms with Crippen LogP contribution in [-0.2, 0) is 20.0 Å². The van der Waals surface area contributed by atoms with Gasteiger partial charge in [-0.25, -0.2) is 9.78 Å². The lowest BCUT2D eigenvalue weighted by Gasteiger charge is -2.21. The topological polar surface area (TPSA) is 71.8 Å². The van der Waals surface area contributed by atoms with Crippen LogP contribution in [0.3, 0.4) is 0 Å². The molecule has 0 aliphatic heterocycles. The SMILES string of the molecule is Cc1nc2c(s1)CCC[C@@H]2CNC(=O)NCc1cnn(C)c1. The van der Waals surface area contributed by atoms with E-state index in [1.165, 1.54) is 17.0 Å². The highest BCUT2D eigenvalue weighted by atomic mass is 32.1. The van der Waals surface area contributed by atoms with Gasteiger partial charge in [0.05, 0.1) is 16.9 Å². The number of rotatable bonds is 4. The van der Waals surface area contributed by atoms with Gasteiger partial charge in [-0.1, -0.05) is 0 Å². The Bertz CT molecular complexity index is 663. The highest BCUT2D eigenvalue weighted by molar-refractivity contribution is 7.11. The number of thiazole rings is 1. The summed E-state index contributed by atoms with van der Waals surface area (Å²) >= 11 is 1.79. The third-order valence-corrected chi connectivity index (χ3v) is 4.94. The average molecular weight is 319 g/mol. The van der Waals surface area contributed by atoms with Gasteiger partial charge in [0.1, 0.15) is 0 Å². The third kappa shape index (κ3) is 3.47. The van der Waals surface area contributed by atoms with Crippen LogP contribution in [0, 0.1) is 6.92 Å². The fourth-order valence-corrected chi connectivity index (χ4v) is 3.92. The van der Waals surface area contributed by atoms with E-state index in [1.54, 1.807) is 22.2 Å². The van der Waals surface area contributed by atoms with Crippen molar-refractivity contribution in [2.24, 2.45) is 7.05 Å². The number of amides is 2. The van der Waals surface area contributed by atoms with Gasteiger partial charge in [0.2, 0.25) is 0 Å². The molecule has 1 aliphatic rings. The molecule has 0 unspecified atom stereocenters. The van der Waals surface area contributed by atoms with Crippen LogP contribution in [0.4, 0.5) is 4.79 Å². The largest absolute Gasteiger partial charge is 0.337 e. The number of hydrogen-bond donors (Lipinski definition) is 2. The normalized spacial score (nSPS) is 17.1. The molecular weight excluding hydrogens is 298 g/mol. The first-order valence-electron chi connectivity index (χ1n) is 7.57. The van der Waals surface area contributed by atoms with Crippen molar-refractivity contribution in [2.45, 2.75) is 38.6 Å². The van der Waals surface area contributed by atoms with E-state index in [9.17, 15) is 4.79 Å². The second-order valence-electron chi connectivity index (χ2n) is 5.72. The van der Waals surface area contributed by atoms with Gasteiger partial charge in [0, 0.05) is 42.7 Å². The summed E-state index contributed by atoms with van der Waals surface area (Å²) in [6.45, 7) is 3.19. The molecule has 0 fully saturated rings. The van der Waals surface area contributed by atoms with Crippen molar-refractivity contribution in [3.05, 3.63) is 33.5 Å². The Morgan fingerprint density at radius 1 is 1.50 bits per heavy atom. The molecule has 2 amide bonds. The van der Waals surface area contributed by atoms with Crippen LogP contribution in [0.25, 0.3) is 0 Å². The second kappa shape index (κ2) is 6.48. The van der Waals surface area contributed by atoms with Crippen LogP contribution >= 0.6 is 11.3 Å². The number of aryl methyl sites for hydroxylation is 3. The monoisotopic (exact) mass is 319 g/mol. The summed E-state index contributed by atoms with van der Waals surface area (Å²) in [7, 11) is 1.86. The van der Waals surface area contributed by atoms with Gasteiger partial charge in [0.15, 0.2) is 0 Å². The number of carbonyl (C=O) groups excluding carboxylic acids is 1. The lowest BCUT2D eigenvalue weighted by Crippen LogP contribution is -2.37. The number of nitrogens with zero attached hydrogens (tertiary/aromatic N) is 3. The molecule has 118 valence electrons. The minimum absolute atomic E-state index is 0.136. The lowest BCUT2D eigenvalue weighted by molar-refractivity contribution is 0.239. The minimum atomic E-state index is -0.136. The summed E-state index contributed by atoms with van der Waals surface area (Å²) in [4.78, 5) is 18.0. The zero-order valence-electron chi connectivity index (χ0n) is 12.9. The van der Waals surface area contributed by atoms with E-state index in [-0.39, 0.29) is 6.03 Å². The maximum Gasteiger partial charge on any atom is 0.315 e. The highest BCUT2D eigenvalue weighted by Crippen LogP contribution is 2.34. The van der Waals surface area contributed by atoms with Gasteiger partial charge in [0.25, 0.3) is 0 Å². The number of nitrogens with one attached hydrogen (secondary N) is 2. The van der Waals surface area contributed by atoms with Gasteiger partial charge in [-0.05, 0) is 26.2 Å². The van der Waals surface area contributed by atoms with Crippen molar-refractivity contribution in [3.63, 3.8) is 0 Å². The van der Waals surface area contributed by atoms with Crippen molar-refractivity contribution in [1.29, 1.82) is 0 Å². The van der Waals surface area contributed by atoms with E-state index >= 15 is 0 Å². The van der Waals surface area contributed by atoms with Crippen LogP contribution < -0.4 is 10.6 Å². The van der Waals surface area contributed by atoms with Crippen LogP contribution in [0.5, 0.6) is 0 Å². The quantitative estimate of drug-likeness (QED) is 0.906. The summed E-state index contributed by atoms with van der Waals surface area (Å²) in [5, 5.41) is 11.0. The maximum atomic E-state index is 11.9. The van der Waals surface area contributed by atoms with E-state index in [1.807, 2.05) is 20.2 Å². The molecule has 1 aliphatic carbocycles. The van der Waals surface area contributed by atoms with E-state index in [0.717, 1.165) is 23.4 Å². The van der Waals surface area contributed by atoms with Crippen molar-refractivity contribution < 1.29 is 4.79 Å². The Morgan fingerprint density at radius 2 is 2.36 bits per heavy atom. The first kappa shape index (κ1) is 15.0. The van der Waals surface area contributed by atoms with Crippen molar-refractivity contribution in [1.82, 2.24) is 25.4 Å². The Balaban J connectivity index is 1.49. The molecule has 2 aromatic rings. The number of hydrogen-bond acceptors (Lipinski definition) is 4. The fourth-order valence-electron chi connectivity index (χ4n) is 2.85. The minimum Gasteiger partial charge on any atom is -0.337 e. The number of carbonyl (C=O) groups is 1. The van der Waals surface area contributed by atoms with Gasteiger partial charge in [-0.2, -0.15) is 5.10 Å². The molecule has 2 N–H and O–H groups in total. The Labute approximate surface area is 133 Å². The molecule has 2 aromatic heterocycles. The van der Waals surface area contributed by atoms with Crippen molar-refractivity contribution in [3.8, 4) is 0 Å². The predicted octanol–water partition coefficient (Wildman–Crippen LogP) is 2.10. The summed E-state index contributed by atoms with van der Waals surface area (Å²) in [6.07, 6.45) is 7.05. The van der Waals surface area contributed by atoms with Gasteiger partial charge in [-0.3, -0.25) is 4.68 Å². The predicted molar refractivity (Wildman–Crippen MR) is 86.0 cm³/mol. The third-order valence-electron chi connectivity index (χ3n) is 3.90. The molecular formula is C15H21N5OS. The first-order valence-corrected chi connectivity index (χ1v) is 8.39. The van der Waals surface area contributed by atoms with Crippen LogP contribution in [0.15, 0.2) is 12.4 Å². The molecule has 0 bridgehead atoms. The van der Waals surface area contributed by atoms with Gasteiger partial charge >= 0.3 is 6.03 Å². The number of aromatic nitrogens is 3. The smallest absolute Gasteiger partial charge is 0.315 e. The highest BCUT2D eigenvalue weighted by Gasteiger charge is 2.24. The van der Waals surface area contributed by atoms with Crippen molar-refractivity contribution >= 4 is 17.4 Å². The standard InChI is InChI=1S/C15H21N5OS/c1-10-19-14-12(4-3-5-13(14)22-10)8-17-15(21)16-6-11-7-18-20(2)9-11/h7,9,12H,3-6,8H2,1-2H3,(H2,16,17,21)/t12-/m1/s1. The molecule has 0 saturated carbocycles. The summed E-state index contributed by atoms with van der Waals surface area (Å²) < 4.78 is 1.73. The van der Waals surface area contributed by atoms with Crippen LogP contribution in [0.2, 0.25) is 0 Å². The Morgan fingerprint density at radius 3 is 3.14 bits per heavy atom. The second-order valence-corrected chi connectivity index (χ2v) is 7.00. The van der Waals surface area contributed by atoms with Gasteiger partial charge in [-0.15, -0.1) is 11.3 Å². The summed E-state index contributed by atoms with van der Waals surface area (Å²) in [5.74, 6) is 0.345. The van der Waals surface area contributed by atoms with E-state index in [4.69, 9.17) is 0 Å². The Kier molecular flexibility index (Phi) is 4.42. The summed E-state index contributed by atoms with van der Waals surface area (Å²) in [6, 6.07) is -0.136. The first-order chi connectivity index (χ1) is 10.6. The van der Waals surface area contributed by atoms with E-state index < -0.39 is 0 Å². The van der Waals surface area contributed by atoms with Gasteiger partial charge < -0.3 is 10.6 Å². The zero-order valence-corrected chi connectivity index (χ0v) is 13.7. The average Bonchev–Trinajstić information content (AvgIpc) is 3.07. The molecule has 1 atom stereocenters. The molecule has 22 heavy (non-hydrogen) atoms. The molecule has 0 aromatic carbocycles. The molecule has 2 heterocycles. The number of fused-ring (bicyclic) bond motifs is 1. The van der Waals surface area contributed by atoms with Crippen LogP contribution in [-0.4, -0.2) is 27.3 Å². The lowest BCUT2D eigenvalue weighted by atomic mass is 9.91. The fraction of sp³-hybridized carbons (Fsp3) is 0.533. The maximum absolute atomic E-state index is 11.9. The van der Waals surface area contributed by atoms with Crippen LogP contribution in [0.1, 0.15) is 39.9 Å². The Hall–Kier alpha value is -1.89. The molecule has 0 saturated heterocycles. The van der Waals surface area contributed by atoms with E-state index in [2.05, 4.69) is 20.7 Å². The molecule has 7 heteroatoms. The zero-order chi connectivity index (χ0) is 15.5. The number of urea groups is 1. The molecule has 0 radical (unpaired) electrons. The molecule has 6 nitrogen and oxygen atoms in total. The van der Waals surface area contributed by atoms with E-state index in [0.29, 0.717) is 19.0 Å².